The molecular formula is C24H27F4NO3. The lowest BCUT2D eigenvalue weighted by atomic mass is 9.92. The van der Waals surface area contributed by atoms with Crippen LogP contribution in [0.1, 0.15) is 53.9 Å². The lowest BCUT2D eigenvalue weighted by Crippen LogP contribution is -2.28. The minimum absolute atomic E-state index is 0.0195. The van der Waals surface area contributed by atoms with Crippen molar-refractivity contribution in [3.63, 3.8) is 0 Å². The number of aliphatic carboxylic acids is 1. The molecule has 3 rings (SSSR count). The average Bonchev–Trinajstić information content (AvgIpc) is 3.21. The topological polar surface area (TPSA) is 58.6 Å². The number of hydrogen-bond donors (Lipinski definition) is 2. The van der Waals surface area contributed by atoms with Crippen LogP contribution in [0.15, 0.2) is 36.4 Å². The second-order valence-corrected chi connectivity index (χ2v) is 8.19. The van der Waals surface area contributed by atoms with Gasteiger partial charge in [0.25, 0.3) is 0 Å². The summed E-state index contributed by atoms with van der Waals surface area (Å²) in [4.78, 5) is 10.8. The average molecular weight is 453 g/mol. The number of halogens is 4. The van der Waals surface area contributed by atoms with Crippen molar-refractivity contribution in [2.24, 2.45) is 0 Å². The molecule has 8 heteroatoms. The summed E-state index contributed by atoms with van der Waals surface area (Å²) < 4.78 is 59.1. The van der Waals surface area contributed by atoms with Gasteiger partial charge in [-0.25, -0.2) is 4.39 Å². The third-order valence-corrected chi connectivity index (χ3v) is 6.01. The number of hydrogen-bond acceptors (Lipinski definition) is 3. The lowest BCUT2D eigenvalue weighted by Gasteiger charge is -2.18. The first-order valence-corrected chi connectivity index (χ1v) is 10.6. The normalized spacial score (nSPS) is 18.7. The van der Waals surface area contributed by atoms with Gasteiger partial charge in [0.05, 0.1) is 12.7 Å². The number of ether oxygens (including phenoxy) is 1. The van der Waals surface area contributed by atoms with Crippen molar-refractivity contribution in [1.82, 2.24) is 5.32 Å². The maximum absolute atomic E-state index is 13.5. The Labute approximate surface area is 184 Å². The predicted octanol–water partition coefficient (Wildman–Crippen LogP) is 5.34. The first kappa shape index (κ1) is 24.0. The third kappa shape index (κ3) is 6.22. The second-order valence-electron chi connectivity index (χ2n) is 8.19. The number of alkyl halides is 3. The van der Waals surface area contributed by atoms with Crippen molar-refractivity contribution in [3.05, 3.63) is 64.5 Å². The molecule has 174 valence electrons. The predicted molar refractivity (Wildman–Crippen MR) is 112 cm³/mol. The van der Waals surface area contributed by atoms with E-state index >= 15 is 0 Å². The molecule has 0 aliphatic heterocycles. The van der Waals surface area contributed by atoms with Gasteiger partial charge in [0.2, 0.25) is 0 Å². The Kier molecular flexibility index (Phi) is 7.77. The van der Waals surface area contributed by atoms with Crippen molar-refractivity contribution in [2.45, 2.75) is 56.7 Å². The number of carbonyl (C=O) groups is 1. The number of aryl methyl sites for hydroxylation is 1. The van der Waals surface area contributed by atoms with E-state index in [2.05, 4.69) is 5.32 Å². The molecule has 0 spiro atoms. The van der Waals surface area contributed by atoms with Gasteiger partial charge in [-0.2, -0.15) is 13.2 Å². The van der Waals surface area contributed by atoms with Crippen molar-refractivity contribution in [3.8, 4) is 5.75 Å². The number of methoxy groups -OCH3 is 1. The highest BCUT2D eigenvalue weighted by Gasteiger charge is 2.35. The van der Waals surface area contributed by atoms with Crippen LogP contribution < -0.4 is 10.1 Å². The van der Waals surface area contributed by atoms with Gasteiger partial charge in [-0.3, -0.25) is 4.79 Å². The van der Waals surface area contributed by atoms with Crippen LogP contribution in [0.2, 0.25) is 0 Å². The number of carboxylic acids is 1. The van der Waals surface area contributed by atoms with E-state index < -0.39 is 23.5 Å². The highest BCUT2D eigenvalue weighted by molar-refractivity contribution is 5.67. The van der Waals surface area contributed by atoms with E-state index in [4.69, 9.17) is 9.84 Å². The van der Waals surface area contributed by atoms with Crippen LogP contribution >= 0.6 is 0 Å². The van der Waals surface area contributed by atoms with E-state index in [1.807, 2.05) is 0 Å². The van der Waals surface area contributed by atoms with E-state index in [1.54, 1.807) is 18.2 Å². The van der Waals surface area contributed by atoms with Crippen LogP contribution in [0, 0.1) is 5.82 Å². The van der Waals surface area contributed by atoms with Crippen molar-refractivity contribution < 1.29 is 32.2 Å². The van der Waals surface area contributed by atoms with Gasteiger partial charge in [-0.05, 0) is 79.5 Å². The number of benzene rings is 2. The molecule has 1 saturated carbocycles. The van der Waals surface area contributed by atoms with Crippen molar-refractivity contribution in [1.29, 1.82) is 0 Å². The third-order valence-electron chi connectivity index (χ3n) is 6.01. The quantitative estimate of drug-likeness (QED) is 0.504. The summed E-state index contributed by atoms with van der Waals surface area (Å²) in [6.45, 7) is 0.675. The van der Waals surface area contributed by atoms with Crippen molar-refractivity contribution >= 4 is 5.97 Å². The molecule has 2 atom stereocenters. The number of rotatable bonds is 9. The zero-order valence-electron chi connectivity index (χ0n) is 17.8. The summed E-state index contributed by atoms with van der Waals surface area (Å²) in [5, 5.41) is 12.2. The smallest absolute Gasteiger partial charge is 0.416 e. The van der Waals surface area contributed by atoms with Gasteiger partial charge in [0.1, 0.15) is 0 Å². The summed E-state index contributed by atoms with van der Waals surface area (Å²) in [5.41, 5.74) is 0.866. The largest absolute Gasteiger partial charge is 0.494 e. The Morgan fingerprint density at radius 1 is 1.16 bits per heavy atom. The highest BCUT2D eigenvalue weighted by Crippen LogP contribution is 2.39. The fourth-order valence-corrected chi connectivity index (χ4v) is 4.32. The Bertz CT molecular complexity index is 945. The molecule has 32 heavy (non-hydrogen) atoms. The zero-order chi connectivity index (χ0) is 23.3. The number of carboxylic acid groups (broad SMARTS) is 1. The molecule has 2 N–H and O–H groups in total. The first-order chi connectivity index (χ1) is 15.2. The molecule has 1 unspecified atom stereocenters. The van der Waals surface area contributed by atoms with E-state index in [9.17, 15) is 22.4 Å². The SMILES string of the molecule is COc1cc(CCNC2CC[C@H](c3ccc(CCC(=O)O)c(C(F)(F)F)c3)C2)ccc1F. The van der Waals surface area contributed by atoms with Crippen LogP contribution in [0.3, 0.4) is 0 Å². The molecule has 1 aliphatic rings. The maximum atomic E-state index is 13.5. The summed E-state index contributed by atoms with van der Waals surface area (Å²) in [6.07, 6.45) is -1.93. The van der Waals surface area contributed by atoms with Crippen LogP contribution in [0.4, 0.5) is 17.6 Å². The van der Waals surface area contributed by atoms with Gasteiger partial charge in [0.15, 0.2) is 11.6 Å². The second kappa shape index (κ2) is 10.3. The summed E-state index contributed by atoms with van der Waals surface area (Å²) >= 11 is 0. The lowest BCUT2D eigenvalue weighted by molar-refractivity contribution is -0.140. The fraction of sp³-hybridized carbons (Fsp3) is 0.458. The molecule has 4 nitrogen and oxygen atoms in total. The molecule has 0 aromatic heterocycles. The van der Waals surface area contributed by atoms with Crippen LogP contribution in [0.5, 0.6) is 5.75 Å². The Morgan fingerprint density at radius 2 is 1.94 bits per heavy atom. The Morgan fingerprint density at radius 3 is 2.62 bits per heavy atom. The molecule has 0 amide bonds. The van der Waals surface area contributed by atoms with Crippen LogP contribution in [-0.2, 0) is 23.8 Å². The van der Waals surface area contributed by atoms with Crippen molar-refractivity contribution in [2.75, 3.05) is 13.7 Å². The summed E-state index contributed by atoms with van der Waals surface area (Å²) in [7, 11) is 1.42. The molecule has 0 heterocycles. The minimum atomic E-state index is -4.52. The maximum Gasteiger partial charge on any atom is 0.416 e. The molecule has 1 aliphatic carbocycles. The summed E-state index contributed by atoms with van der Waals surface area (Å²) in [5.74, 6) is -1.30. The minimum Gasteiger partial charge on any atom is -0.494 e. The monoisotopic (exact) mass is 453 g/mol. The van der Waals surface area contributed by atoms with Gasteiger partial charge in [0, 0.05) is 12.5 Å². The zero-order valence-corrected chi connectivity index (χ0v) is 17.8. The van der Waals surface area contributed by atoms with Gasteiger partial charge in [-0.1, -0.05) is 18.2 Å². The Hall–Kier alpha value is -2.61. The molecular weight excluding hydrogens is 426 g/mol. The van der Waals surface area contributed by atoms with Gasteiger partial charge in [-0.15, -0.1) is 0 Å². The molecule has 0 bridgehead atoms. The highest BCUT2D eigenvalue weighted by atomic mass is 19.4. The molecule has 2 aromatic rings. The van der Waals surface area contributed by atoms with E-state index in [0.29, 0.717) is 18.5 Å². The molecule has 0 radical (unpaired) electrons. The van der Waals surface area contributed by atoms with Gasteiger partial charge >= 0.3 is 12.1 Å². The van der Waals surface area contributed by atoms with E-state index in [1.165, 1.54) is 25.3 Å². The van der Waals surface area contributed by atoms with Gasteiger partial charge < -0.3 is 15.2 Å². The molecule has 0 saturated heterocycles. The number of nitrogens with one attached hydrogen (secondary N) is 1. The van der Waals surface area contributed by atoms with Crippen LogP contribution in [0.25, 0.3) is 0 Å². The fourth-order valence-electron chi connectivity index (χ4n) is 4.32. The van der Waals surface area contributed by atoms with E-state index in [-0.39, 0.29) is 36.1 Å². The Balaban J connectivity index is 1.59. The molecule has 1 fully saturated rings. The first-order valence-electron chi connectivity index (χ1n) is 10.6. The summed E-state index contributed by atoms with van der Waals surface area (Å²) in [6, 6.07) is 9.25. The van der Waals surface area contributed by atoms with Crippen LogP contribution in [-0.4, -0.2) is 30.8 Å². The standard InChI is InChI=1S/C24H27F4NO3/c1-32-22-12-15(2-8-21(22)25)10-11-29-19-7-5-17(13-19)18-4-3-16(6-9-23(30)31)20(14-18)24(26,27)28/h2-4,8,12,14,17,19,29H,5-7,9-11,13H2,1H3,(H,30,31)/t17-,19?/m0/s1. The molecule has 2 aromatic carbocycles. The van der Waals surface area contributed by atoms with E-state index in [0.717, 1.165) is 24.8 Å².